The summed E-state index contributed by atoms with van der Waals surface area (Å²) in [6.07, 6.45) is 1.74. The Labute approximate surface area is 73.7 Å². The first kappa shape index (κ1) is 8.00. The van der Waals surface area contributed by atoms with Crippen molar-refractivity contribution in [1.29, 1.82) is 0 Å². The highest BCUT2D eigenvalue weighted by molar-refractivity contribution is 6.60. The molecule has 0 spiro atoms. The third kappa shape index (κ3) is 1.68. The minimum Gasteiger partial charge on any atom is -0.113 e. The molecule has 0 heterocycles. The molecule has 0 nitrogen and oxygen atoms in total. The molecule has 1 saturated carbocycles. The lowest BCUT2D eigenvalue weighted by Crippen LogP contribution is -1.96. The molecule has 0 N–H and O–H groups in total. The first-order valence-corrected chi connectivity index (χ1v) is 3.97. The van der Waals surface area contributed by atoms with Crippen molar-refractivity contribution >= 4 is 46.4 Å². The SMILES string of the molecule is ClC(Cl)=C(Cl)C1(Cl)CC1. The van der Waals surface area contributed by atoms with Gasteiger partial charge in [-0.15, -0.1) is 11.6 Å². The minimum atomic E-state index is -0.416. The average molecular weight is 206 g/mol. The van der Waals surface area contributed by atoms with Crippen molar-refractivity contribution < 1.29 is 0 Å². The normalized spacial score (nSPS) is 21.3. The summed E-state index contributed by atoms with van der Waals surface area (Å²) in [7, 11) is 0. The summed E-state index contributed by atoms with van der Waals surface area (Å²) in [5.74, 6) is 0. The zero-order chi connectivity index (χ0) is 7.07. The average Bonchev–Trinajstić information content (AvgIpc) is 2.47. The second-order valence-electron chi connectivity index (χ2n) is 2.04. The van der Waals surface area contributed by atoms with Crippen molar-refractivity contribution in [3.63, 3.8) is 0 Å². The van der Waals surface area contributed by atoms with Gasteiger partial charge in [0.25, 0.3) is 0 Å². The van der Waals surface area contributed by atoms with Crippen LogP contribution in [0.5, 0.6) is 0 Å². The predicted octanol–water partition coefficient (Wildman–Crippen LogP) is 3.64. The van der Waals surface area contributed by atoms with Gasteiger partial charge in [-0.3, -0.25) is 0 Å². The highest BCUT2D eigenvalue weighted by Crippen LogP contribution is 2.52. The summed E-state index contributed by atoms with van der Waals surface area (Å²) in [4.78, 5) is -0.416. The fraction of sp³-hybridized carbons (Fsp3) is 0.600. The van der Waals surface area contributed by atoms with Gasteiger partial charge in [-0.25, -0.2) is 0 Å². The van der Waals surface area contributed by atoms with Crippen molar-refractivity contribution in [2.75, 3.05) is 0 Å². The van der Waals surface area contributed by atoms with Crippen molar-refractivity contribution in [1.82, 2.24) is 0 Å². The van der Waals surface area contributed by atoms with E-state index in [0.29, 0.717) is 5.03 Å². The van der Waals surface area contributed by atoms with Gasteiger partial charge in [0.15, 0.2) is 0 Å². The number of alkyl halides is 1. The lowest BCUT2D eigenvalue weighted by atomic mass is 10.4. The van der Waals surface area contributed by atoms with Crippen LogP contribution in [0.3, 0.4) is 0 Å². The van der Waals surface area contributed by atoms with Crippen LogP contribution in [0.15, 0.2) is 9.52 Å². The van der Waals surface area contributed by atoms with Crippen LogP contribution in [0, 0.1) is 0 Å². The first-order valence-electron chi connectivity index (χ1n) is 2.46. The van der Waals surface area contributed by atoms with Crippen LogP contribution in [0.2, 0.25) is 0 Å². The van der Waals surface area contributed by atoms with E-state index >= 15 is 0 Å². The Morgan fingerprint density at radius 3 is 1.67 bits per heavy atom. The summed E-state index contributed by atoms with van der Waals surface area (Å²) < 4.78 is 0.0872. The van der Waals surface area contributed by atoms with Crippen molar-refractivity contribution in [2.24, 2.45) is 0 Å². The molecule has 1 aliphatic rings. The van der Waals surface area contributed by atoms with Gasteiger partial charge in [0, 0.05) is 0 Å². The number of allylic oxidation sites excluding steroid dienone is 1. The van der Waals surface area contributed by atoms with Gasteiger partial charge in [0.1, 0.15) is 4.49 Å². The topological polar surface area (TPSA) is 0 Å². The van der Waals surface area contributed by atoms with Gasteiger partial charge < -0.3 is 0 Å². The summed E-state index contributed by atoms with van der Waals surface area (Å²) in [5.41, 5.74) is 0. The van der Waals surface area contributed by atoms with Gasteiger partial charge in [0.05, 0.1) is 9.91 Å². The van der Waals surface area contributed by atoms with E-state index in [2.05, 4.69) is 0 Å². The second-order valence-corrected chi connectivity index (χ2v) is 4.09. The molecule has 1 fully saturated rings. The predicted molar refractivity (Wildman–Crippen MR) is 42.4 cm³/mol. The second kappa shape index (κ2) is 2.50. The van der Waals surface area contributed by atoms with E-state index in [1.807, 2.05) is 0 Å². The van der Waals surface area contributed by atoms with Crippen LogP contribution in [0.4, 0.5) is 0 Å². The summed E-state index contributed by atoms with van der Waals surface area (Å²) in [6.45, 7) is 0. The third-order valence-electron chi connectivity index (χ3n) is 1.25. The molecule has 52 valence electrons. The van der Waals surface area contributed by atoms with Gasteiger partial charge in [-0.05, 0) is 12.8 Å². The molecular formula is C5H4Cl4. The Kier molecular flexibility index (Phi) is 2.22. The lowest BCUT2D eigenvalue weighted by Gasteiger charge is -2.01. The van der Waals surface area contributed by atoms with Crippen molar-refractivity contribution in [3.8, 4) is 0 Å². The van der Waals surface area contributed by atoms with Crippen LogP contribution < -0.4 is 0 Å². The molecule has 1 rings (SSSR count). The van der Waals surface area contributed by atoms with Gasteiger partial charge in [-0.2, -0.15) is 0 Å². The maximum atomic E-state index is 5.83. The van der Waals surface area contributed by atoms with Crippen LogP contribution >= 0.6 is 46.4 Å². The minimum absolute atomic E-state index is 0.0872. The Hall–Kier alpha value is 0.900. The molecule has 0 unspecified atom stereocenters. The third-order valence-corrected chi connectivity index (χ3v) is 3.03. The van der Waals surface area contributed by atoms with E-state index in [1.165, 1.54) is 0 Å². The Bertz CT molecular complexity index is 152. The Balaban J connectivity index is 2.73. The van der Waals surface area contributed by atoms with Crippen LogP contribution in [-0.4, -0.2) is 4.87 Å². The van der Waals surface area contributed by atoms with Crippen LogP contribution in [0.25, 0.3) is 0 Å². The standard InChI is InChI=1S/C5H4Cl4/c6-3(4(7)8)5(9)1-2-5/h1-2H2. The van der Waals surface area contributed by atoms with Crippen molar-refractivity contribution in [3.05, 3.63) is 9.52 Å². The van der Waals surface area contributed by atoms with Crippen molar-refractivity contribution in [2.45, 2.75) is 17.7 Å². The van der Waals surface area contributed by atoms with E-state index in [4.69, 9.17) is 46.4 Å². The van der Waals surface area contributed by atoms with Crippen LogP contribution in [-0.2, 0) is 0 Å². The largest absolute Gasteiger partial charge is 0.123 e. The monoisotopic (exact) mass is 204 g/mol. The zero-order valence-corrected chi connectivity index (χ0v) is 7.45. The van der Waals surface area contributed by atoms with Crippen LogP contribution in [0.1, 0.15) is 12.8 Å². The van der Waals surface area contributed by atoms with E-state index in [0.717, 1.165) is 12.8 Å². The zero-order valence-electron chi connectivity index (χ0n) is 4.43. The molecule has 0 bridgehead atoms. The summed E-state index contributed by atoms with van der Waals surface area (Å²) >= 11 is 22.2. The fourth-order valence-corrected chi connectivity index (χ4v) is 1.34. The van der Waals surface area contributed by atoms with E-state index < -0.39 is 4.87 Å². The molecule has 0 amide bonds. The first-order chi connectivity index (χ1) is 4.06. The molecule has 0 aromatic carbocycles. The summed E-state index contributed by atoms with van der Waals surface area (Å²) in [5, 5.41) is 0.382. The summed E-state index contributed by atoms with van der Waals surface area (Å²) in [6, 6.07) is 0. The van der Waals surface area contributed by atoms with E-state index in [1.54, 1.807) is 0 Å². The highest BCUT2D eigenvalue weighted by Gasteiger charge is 2.45. The smallest absolute Gasteiger partial charge is 0.113 e. The fourth-order valence-electron chi connectivity index (χ4n) is 0.499. The number of halogens is 4. The van der Waals surface area contributed by atoms with Gasteiger partial charge in [0.2, 0.25) is 0 Å². The van der Waals surface area contributed by atoms with Gasteiger partial charge in [-0.1, -0.05) is 34.8 Å². The number of hydrogen-bond donors (Lipinski definition) is 0. The highest BCUT2D eigenvalue weighted by atomic mass is 35.5. The maximum absolute atomic E-state index is 5.83. The quantitative estimate of drug-likeness (QED) is 0.574. The Morgan fingerprint density at radius 2 is 1.56 bits per heavy atom. The molecule has 0 aliphatic heterocycles. The Morgan fingerprint density at radius 1 is 1.11 bits per heavy atom. The molecule has 9 heavy (non-hydrogen) atoms. The molecule has 0 atom stereocenters. The molecule has 0 saturated heterocycles. The molecular weight excluding hydrogens is 202 g/mol. The molecule has 0 radical (unpaired) electrons. The number of hydrogen-bond acceptors (Lipinski definition) is 0. The molecule has 0 aromatic rings. The molecule has 4 heteroatoms. The number of rotatable bonds is 1. The maximum Gasteiger partial charge on any atom is 0.123 e. The van der Waals surface area contributed by atoms with E-state index in [-0.39, 0.29) is 4.49 Å². The van der Waals surface area contributed by atoms with Gasteiger partial charge >= 0.3 is 0 Å². The molecule has 1 aliphatic carbocycles. The lowest BCUT2D eigenvalue weighted by molar-refractivity contribution is 1.15. The van der Waals surface area contributed by atoms with E-state index in [9.17, 15) is 0 Å². The molecule has 0 aromatic heterocycles.